The number of rotatable bonds is 2. The first-order valence-electron chi connectivity index (χ1n) is 5.13. The molecule has 0 amide bonds. The molecule has 0 fully saturated rings. The van der Waals surface area contributed by atoms with E-state index >= 15 is 0 Å². The second kappa shape index (κ2) is 4.58. The van der Waals surface area contributed by atoms with Crippen LogP contribution in [0, 0.1) is 0 Å². The van der Waals surface area contributed by atoms with Gasteiger partial charge in [0.1, 0.15) is 5.16 Å². The summed E-state index contributed by atoms with van der Waals surface area (Å²) in [6, 6.07) is 3.67. The molecule has 16 heavy (non-hydrogen) atoms. The van der Waals surface area contributed by atoms with Crippen molar-refractivity contribution >= 4 is 29.2 Å². The number of allylic oxidation sites excluding steroid dienone is 1. The van der Waals surface area contributed by atoms with Crippen molar-refractivity contribution in [3.8, 4) is 0 Å². The average Bonchev–Trinajstić information content (AvgIpc) is 2.29. The summed E-state index contributed by atoms with van der Waals surface area (Å²) in [6.45, 7) is 2.02. The molecule has 2 heterocycles. The monoisotopic (exact) mass is 234 g/mol. The van der Waals surface area contributed by atoms with E-state index in [2.05, 4.69) is 9.98 Å². The standard InChI is InChI=1S/C12H11ClN2O/c1-2-9-7-8(3-5-14-9)11-10(16)4-6-15-12(11)13/h3,5-7H,2,4H2,1H3. The predicted octanol–water partition coefficient (Wildman–Crippen LogP) is 2.60. The summed E-state index contributed by atoms with van der Waals surface area (Å²) in [7, 11) is 0. The minimum atomic E-state index is 0.00764. The molecule has 2 rings (SSSR count). The molecule has 1 aliphatic rings. The third kappa shape index (κ3) is 2.04. The molecule has 0 spiro atoms. The molecular formula is C12H11ClN2O. The highest BCUT2D eigenvalue weighted by Crippen LogP contribution is 2.27. The number of Topliss-reactive ketones (excluding diaryl/α,β-unsaturated/α-hetero) is 1. The molecule has 0 bridgehead atoms. The van der Waals surface area contributed by atoms with Crippen molar-refractivity contribution in [3.05, 3.63) is 34.7 Å². The SMILES string of the molecule is CCc1cc(C2=C(Cl)N=CCC2=O)ccn1. The van der Waals surface area contributed by atoms with Crippen molar-refractivity contribution in [1.29, 1.82) is 0 Å². The van der Waals surface area contributed by atoms with Crippen molar-refractivity contribution in [2.45, 2.75) is 19.8 Å². The maximum atomic E-state index is 11.8. The Morgan fingerprint density at radius 1 is 1.50 bits per heavy atom. The Labute approximate surface area is 98.9 Å². The number of ketones is 1. The zero-order chi connectivity index (χ0) is 11.5. The summed E-state index contributed by atoms with van der Waals surface area (Å²) in [5.41, 5.74) is 2.25. The van der Waals surface area contributed by atoms with Crippen molar-refractivity contribution in [3.63, 3.8) is 0 Å². The van der Waals surface area contributed by atoms with E-state index in [1.165, 1.54) is 6.21 Å². The van der Waals surface area contributed by atoms with E-state index in [1.54, 1.807) is 12.3 Å². The van der Waals surface area contributed by atoms with E-state index in [9.17, 15) is 4.79 Å². The van der Waals surface area contributed by atoms with Gasteiger partial charge in [0.2, 0.25) is 0 Å². The van der Waals surface area contributed by atoms with E-state index in [-0.39, 0.29) is 10.9 Å². The molecule has 3 nitrogen and oxygen atoms in total. The molecule has 0 saturated carbocycles. The van der Waals surface area contributed by atoms with Crippen LogP contribution in [0.4, 0.5) is 0 Å². The fourth-order valence-electron chi connectivity index (χ4n) is 1.60. The molecule has 0 atom stereocenters. The number of hydrogen-bond donors (Lipinski definition) is 0. The Kier molecular flexibility index (Phi) is 3.15. The van der Waals surface area contributed by atoms with E-state index in [4.69, 9.17) is 11.6 Å². The van der Waals surface area contributed by atoms with Gasteiger partial charge in [-0.2, -0.15) is 0 Å². The highest BCUT2D eigenvalue weighted by atomic mass is 35.5. The number of hydrogen-bond acceptors (Lipinski definition) is 3. The van der Waals surface area contributed by atoms with Crippen LogP contribution in [0.1, 0.15) is 24.6 Å². The lowest BCUT2D eigenvalue weighted by atomic mass is 10.00. The number of aromatic nitrogens is 1. The minimum Gasteiger partial charge on any atom is -0.294 e. The van der Waals surface area contributed by atoms with Gasteiger partial charge in [-0.3, -0.25) is 9.78 Å². The van der Waals surface area contributed by atoms with Crippen molar-refractivity contribution in [1.82, 2.24) is 4.98 Å². The van der Waals surface area contributed by atoms with E-state index in [0.29, 0.717) is 12.0 Å². The molecule has 0 saturated heterocycles. The van der Waals surface area contributed by atoms with E-state index in [1.807, 2.05) is 13.0 Å². The Balaban J connectivity index is 2.50. The number of pyridine rings is 1. The molecule has 0 aromatic carbocycles. The van der Waals surface area contributed by atoms with Crippen LogP contribution in [0.2, 0.25) is 0 Å². The van der Waals surface area contributed by atoms with Crippen LogP contribution in [0.15, 0.2) is 28.5 Å². The first-order chi connectivity index (χ1) is 7.72. The third-order valence-electron chi connectivity index (χ3n) is 2.43. The molecule has 0 unspecified atom stereocenters. The van der Waals surface area contributed by atoms with Gasteiger partial charge in [-0.05, 0) is 24.1 Å². The fraction of sp³-hybridized carbons (Fsp3) is 0.250. The molecule has 1 aliphatic heterocycles. The number of aryl methyl sites for hydroxylation is 1. The number of carbonyl (C=O) groups is 1. The molecule has 0 N–H and O–H groups in total. The van der Waals surface area contributed by atoms with Gasteiger partial charge in [0.25, 0.3) is 0 Å². The molecule has 4 heteroatoms. The van der Waals surface area contributed by atoms with Crippen molar-refractivity contribution < 1.29 is 4.79 Å². The maximum Gasteiger partial charge on any atom is 0.171 e. The van der Waals surface area contributed by atoms with Gasteiger partial charge in [0.15, 0.2) is 5.78 Å². The van der Waals surface area contributed by atoms with Gasteiger partial charge < -0.3 is 0 Å². The van der Waals surface area contributed by atoms with Gasteiger partial charge in [0, 0.05) is 24.5 Å². The van der Waals surface area contributed by atoms with Gasteiger partial charge in [-0.1, -0.05) is 18.5 Å². The van der Waals surface area contributed by atoms with E-state index in [0.717, 1.165) is 17.7 Å². The lowest BCUT2D eigenvalue weighted by Crippen LogP contribution is -2.08. The van der Waals surface area contributed by atoms with Gasteiger partial charge in [-0.25, -0.2) is 4.99 Å². The average molecular weight is 235 g/mol. The molecule has 1 aromatic heterocycles. The molecule has 82 valence electrons. The Morgan fingerprint density at radius 2 is 2.31 bits per heavy atom. The largest absolute Gasteiger partial charge is 0.294 e. The van der Waals surface area contributed by atoms with Crippen LogP contribution in [-0.4, -0.2) is 17.0 Å². The molecule has 0 aliphatic carbocycles. The lowest BCUT2D eigenvalue weighted by molar-refractivity contribution is -0.112. The first-order valence-corrected chi connectivity index (χ1v) is 5.51. The normalized spacial score (nSPS) is 15.8. The predicted molar refractivity (Wildman–Crippen MR) is 64.5 cm³/mol. The van der Waals surface area contributed by atoms with Gasteiger partial charge >= 0.3 is 0 Å². The van der Waals surface area contributed by atoms with Crippen LogP contribution in [0.3, 0.4) is 0 Å². The van der Waals surface area contributed by atoms with Gasteiger partial charge in [-0.15, -0.1) is 0 Å². The lowest BCUT2D eigenvalue weighted by Gasteiger charge is -2.10. The van der Waals surface area contributed by atoms with Crippen LogP contribution in [0.5, 0.6) is 0 Å². The summed E-state index contributed by atoms with van der Waals surface area (Å²) in [5, 5.41) is 0.268. The van der Waals surface area contributed by atoms with Crippen LogP contribution < -0.4 is 0 Å². The first kappa shape index (κ1) is 11.0. The summed E-state index contributed by atoms with van der Waals surface area (Å²) in [4.78, 5) is 19.9. The number of nitrogens with zero attached hydrogens (tertiary/aromatic N) is 2. The quantitative estimate of drug-likeness (QED) is 0.739. The zero-order valence-corrected chi connectivity index (χ0v) is 9.66. The summed E-state index contributed by atoms with van der Waals surface area (Å²) in [5.74, 6) is 0.00764. The second-order valence-corrected chi connectivity index (χ2v) is 3.85. The molecule has 0 radical (unpaired) electrons. The number of carbonyl (C=O) groups excluding carboxylic acids is 1. The topological polar surface area (TPSA) is 42.3 Å². The zero-order valence-electron chi connectivity index (χ0n) is 8.90. The summed E-state index contributed by atoms with van der Waals surface area (Å²) < 4.78 is 0. The Morgan fingerprint density at radius 3 is 3.00 bits per heavy atom. The third-order valence-corrected chi connectivity index (χ3v) is 2.72. The van der Waals surface area contributed by atoms with E-state index < -0.39 is 0 Å². The van der Waals surface area contributed by atoms with Crippen LogP contribution in [0.25, 0.3) is 5.57 Å². The van der Waals surface area contributed by atoms with Crippen molar-refractivity contribution in [2.24, 2.45) is 4.99 Å². The minimum absolute atomic E-state index is 0.00764. The van der Waals surface area contributed by atoms with Gasteiger partial charge in [0.05, 0.1) is 5.57 Å². The maximum absolute atomic E-state index is 11.8. The molecular weight excluding hydrogens is 224 g/mol. The van der Waals surface area contributed by atoms with Crippen LogP contribution >= 0.6 is 11.6 Å². The number of aliphatic imine (C=N–C) groups is 1. The second-order valence-electron chi connectivity index (χ2n) is 3.49. The summed E-state index contributed by atoms with van der Waals surface area (Å²) in [6.07, 6.45) is 4.37. The fourth-order valence-corrected chi connectivity index (χ4v) is 1.88. The summed E-state index contributed by atoms with van der Waals surface area (Å²) >= 11 is 5.95. The van der Waals surface area contributed by atoms with Crippen LogP contribution in [-0.2, 0) is 11.2 Å². The highest BCUT2D eigenvalue weighted by molar-refractivity contribution is 6.41. The number of halogens is 1. The smallest absolute Gasteiger partial charge is 0.171 e. The molecule has 1 aromatic rings. The van der Waals surface area contributed by atoms with Crippen molar-refractivity contribution in [2.75, 3.05) is 0 Å². The Hall–Kier alpha value is -1.48. The highest BCUT2D eigenvalue weighted by Gasteiger charge is 2.19. The Bertz CT molecular complexity index is 492.